The van der Waals surface area contributed by atoms with Gasteiger partial charge in [0.15, 0.2) is 0 Å². The molecule has 2 fully saturated rings. The van der Waals surface area contributed by atoms with E-state index in [1.165, 1.54) is 24.8 Å². The van der Waals surface area contributed by atoms with Crippen molar-refractivity contribution in [3.63, 3.8) is 0 Å². The molecule has 1 aromatic heterocycles. The van der Waals surface area contributed by atoms with E-state index in [2.05, 4.69) is 48.3 Å². The molecule has 1 atom stereocenters. The van der Waals surface area contributed by atoms with Crippen LogP contribution in [0, 0.1) is 6.92 Å². The van der Waals surface area contributed by atoms with Crippen LogP contribution in [0.15, 0.2) is 12.1 Å². The third-order valence-electron chi connectivity index (χ3n) is 4.39. The predicted molar refractivity (Wildman–Crippen MR) is 83.1 cm³/mol. The quantitative estimate of drug-likeness (QED) is 0.887. The molecular formula is C16H26N4. The molecule has 1 aliphatic carbocycles. The number of aryl methyl sites for hydroxylation is 1. The Hall–Kier alpha value is -1.13. The average Bonchev–Trinajstić information content (AvgIpc) is 3.09. The zero-order chi connectivity index (χ0) is 14.1. The van der Waals surface area contributed by atoms with E-state index in [1.54, 1.807) is 0 Å². The molecule has 0 radical (unpaired) electrons. The first-order valence-electron chi connectivity index (χ1n) is 7.74. The molecule has 1 aliphatic heterocycles. The van der Waals surface area contributed by atoms with E-state index in [9.17, 15) is 0 Å². The van der Waals surface area contributed by atoms with Gasteiger partial charge in [-0.25, -0.2) is 4.98 Å². The van der Waals surface area contributed by atoms with Crippen LogP contribution in [0.5, 0.6) is 0 Å². The highest BCUT2D eigenvalue weighted by Gasteiger charge is 2.25. The average molecular weight is 274 g/mol. The summed E-state index contributed by atoms with van der Waals surface area (Å²) in [6, 6.07) is 5.89. The first kappa shape index (κ1) is 13.8. The van der Waals surface area contributed by atoms with Crippen molar-refractivity contribution < 1.29 is 0 Å². The maximum Gasteiger partial charge on any atom is 0.129 e. The molecule has 3 rings (SSSR count). The van der Waals surface area contributed by atoms with Gasteiger partial charge in [-0.15, -0.1) is 0 Å². The molecule has 0 bridgehead atoms. The van der Waals surface area contributed by atoms with Gasteiger partial charge in [0.25, 0.3) is 0 Å². The van der Waals surface area contributed by atoms with Crippen LogP contribution in [0.4, 0.5) is 5.82 Å². The van der Waals surface area contributed by atoms with Crippen LogP contribution in [0.25, 0.3) is 0 Å². The largest absolute Gasteiger partial charge is 0.355 e. The van der Waals surface area contributed by atoms with Gasteiger partial charge in [0.2, 0.25) is 0 Å². The summed E-state index contributed by atoms with van der Waals surface area (Å²) in [6.45, 7) is 5.29. The number of anilines is 1. The van der Waals surface area contributed by atoms with Crippen molar-refractivity contribution >= 4 is 5.82 Å². The summed E-state index contributed by atoms with van der Waals surface area (Å²) in [5, 5.41) is 3.59. The lowest BCUT2D eigenvalue weighted by atomic mass is 10.2. The van der Waals surface area contributed by atoms with Gasteiger partial charge in [0, 0.05) is 37.4 Å². The fourth-order valence-corrected chi connectivity index (χ4v) is 2.91. The Bertz CT molecular complexity index is 468. The summed E-state index contributed by atoms with van der Waals surface area (Å²) >= 11 is 0. The van der Waals surface area contributed by atoms with Crippen molar-refractivity contribution in [3.8, 4) is 0 Å². The molecule has 20 heavy (non-hydrogen) atoms. The lowest BCUT2D eigenvalue weighted by molar-refractivity contribution is 0.315. The topological polar surface area (TPSA) is 31.4 Å². The Kier molecular flexibility index (Phi) is 3.94. The van der Waals surface area contributed by atoms with Crippen molar-refractivity contribution in [1.82, 2.24) is 15.2 Å². The molecule has 1 saturated heterocycles. The van der Waals surface area contributed by atoms with Crippen molar-refractivity contribution in [2.24, 2.45) is 0 Å². The first-order valence-corrected chi connectivity index (χ1v) is 7.74. The number of hydrogen-bond donors (Lipinski definition) is 1. The summed E-state index contributed by atoms with van der Waals surface area (Å²) in [5.41, 5.74) is 2.50. The third kappa shape index (κ3) is 3.30. The monoisotopic (exact) mass is 274 g/mol. The summed E-state index contributed by atoms with van der Waals surface area (Å²) in [4.78, 5) is 9.49. The van der Waals surface area contributed by atoms with Gasteiger partial charge in [-0.3, -0.25) is 0 Å². The number of likely N-dealkylation sites (N-methyl/N-ethyl adjacent to an activating group) is 1. The molecule has 4 nitrogen and oxygen atoms in total. The fraction of sp³-hybridized carbons (Fsp3) is 0.688. The maximum atomic E-state index is 4.73. The molecule has 4 heteroatoms. The Labute approximate surface area is 122 Å². The number of rotatable bonds is 5. The van der Waals surface area contributed by atoms with Gasteiger partial charge in [-0.2, -0.15) is 0 Å². The normalized spacial score (nSPS) is 22.8. The third-order valence-corrected chi connectivity index (χ3v) is 4.39. The molecule has 110 valence electrons. The van der Waals surface area contributed by atoms with Gasteiger partial charge >= 0.3 is 0 Å². The van der Waals surface area contributed by atoms with E-state index >= 15 is 0 Å². The van der Waals surface area contributed by atoms with Crippen LogP contribution in [0.3, 0.4) is 0 Å². The molecule has 1 N–H and O–H groups in total. The maximum absolute atomic E-state index is 4.73. The molecule has 1 aromatic rings. The Balaban J connectivity index is 1.68. The number of hydrogen-bond acceptors (Lipinski definition) is 4. The molecular weight excluding hydrogens is 248 g/mol. The number of nitrogens with one attached hydrogen (secondary N) is 1. The van der Waals surface area contributed by atoms with E-state index in [0.717, 1.165) is 37.2 Å². The Morgan fingerprint density at radius 1 is 1.30 bits per heavy atom. The van der Waals surface area contributed by atoms with Gasteiger partial charge in [0.05, 0.1) is 0 Å². The zero-order valence-electron chi connectivity index (χ0n) is 12.9. The second-order valence-corrected chi connectivity index (χ2v) is 6.48. The summed E-state index contributed by atoms with van der Waals surface area (Å²) < 4.78 is 0. The van der Waals surface area contributed by atoms with Crippen molar-refractivity contribution in [3.05, 3.63) is 23.4 Å². The smallest absolute Gasteiger partial charge is 0.129 e. The second-order valence-electron chi connectivity index (χ2n) is 6.48. The van der Waals surface area contributed by atoms with Gasteiger partial charge in [0.1, 0.15) is 5.82 Å². The Morgan fingerprint density at radius 3 is 2.75 bits per heavy atom. The standard InChI is InChI=1S/C16H26N4/c1-12-8-13(10-17-14-4-5-14)9-16(18-12)20-7-6-15(11-20)19(2)3/h8-9,14-15,17H,4-7,10-11H2,1-3H3. The van der Waals surface area contributed by atoms with Crippen LogP contribution in [-0.2, 0) is 6.54 Å². The second kappa shape index (κ2) is 5.70. The molecule has 1 saturated carbocycles. The van der Waals surface area contributed by atoms with E-state index in [4.69, 9.17) is 4.98 Å². The fourth-order valence-electron chi connectivity index (χ4n) is 2.91. The highest BCUT2D eigenvalue weighted by Crippen LogP contribution is 2.23. The van der Waals surface area contributed by atoms with E-state index in [1.807, 2.05) is 0 Å². The molecule has 2 heterocycles. The summed E-state index contributed by atoms with van der Waals surface area (Å²) in [5.74, 6) is 1.15. The van der Waals surface area contributed by atoms with Crippen molar-refractivity contribution in [2.75, 3.05) is 32.1 Å². The molecule has 1 unspecified atom stereocenters. The minimum atomic E-state index is 0.658. The van der Waals surface area contributed by atoms with Crippen LogP contribution in [-0.4, -0.2) is 49.2 Å². The van der Waals surface area contributed by atoms with Crippen molar-refractivity contribution in [2.45, 2.75) is 44.8 Å². The van der Waals surface area contributed by atoms with E-state index < -0.39 is 0 Å². The molecule has 0 aromatic carbocycles. The summed E-state index contributed by atoms with van der Waals surface area (Å²) in [7, 11) is 4.34. The minimum absolute atomic E-state index is 0.658. The van der Waals surface area contributed by atoms with Gasteiger partial charge in [-0.1, -0.05) is 0 Å². The number of pyridine rings is 1. The van der Waals surface area contributed by atoms with Crippen LogP contribution < -0.4 is 10.2 Å². The summed E-state index contributed by atoms with van der Waals surface area (Å²) in [6.07, 6.45) is 3.92. The van der Waals surface area contributed by atoms with Gasteiger partial charge in [-0.05, 0) is 58.0 Å². The molecule has 2 aliphatic rings. The number of aromatic nitrogens is 1. The minimum Gasteiger partial charge on any atom is -0.355 e. The van der Waals surface area contributed by atoms with E-state index in [0.29, 0.717) is 6.04 Å². The molecule has 0 spiro atoms. The Morgan fingerprint density at radius 2 is 2.10 bits per heavy atom. The molecule has 0 amide bonds. The lowest BCUT2D eigenvalue weighted by Crippen LogP contribution is -2.31. The van der Waals surface area contributed by atoms with Crippen LogP contribution >= 0.6 is 0 Å². The highest BCUT2D eigenvalue weighted by molar-refractivity contribution is 5.44. The lowest BCUT2D eigenvalue weighted by Gasteiger charge is -2.22. The predicted octanol–water partition coefficient (Wildman–Crippen LogP) is 1.78. The van der Waals surface area contributed by atoms with Crippen molar-refractivity contribution in [1.29, 1.82) is 0 Å². The van der Waals surface area contributed by atoms with E-state index in [-0.39, 0.29) is 0 Å². The first-order chi connectivity index (χ1) is 9.61. The van der Waals surface area contributed by atoms with Gasteiger partial charge < -0.3 is 15.1 Å². The number of nitrogens with zero attached hydrogens (tertiary/aromatic N) is 3. The zero-order valence-corrected chi connectivity index (χ0v) is 12.9. The SMILES string of the molecule is Cc1cc(CNC2CC2)cc(N2CCC(N(C)C)C2)n1. The highest BCUT2D eigenvalue weighted by atomic mass is 15.3. The van der Waals surface area contributed by atoms with Crippen LogP contribution in [0.1, 0.15) is 30.5 Å². The van der Waals surface area contributed by atoms with Crippen LogP contribution in [0.2, 0.25) is 0 Å².